The number of rotatable bonds is 4. The van der Waals surface area contributed by atoms with Crippen LogP contribution >= 0.6 is 0 Å². The van der Waals surface area contributed by atoms with E-state index in [9.17, 15) is 13.2 Å². The van der Waals surface area contributed by atoms with E-state index in [1.807, 2.05) is 18.2 Å². The van der Waals surface area contributed by atoms with E-state index in [0.717, 1.165) is 18.2 Å². The molecule has 3 N–H and O–H groups in total. The van der Waals surface area contributed by atoms with E-state index in [2.05, 4.69) is 4.72 Å². The SMILES string of the molecule is NC1CCN(C(=O)CNS(=O)(=O)c2cccc3ccccc23)CC1. The van der Waals surface area contributed by atoms with Gasteiger partial charge in [-0.1, -0.05) is 36.4 Å². The molecule has 0 radical (unpaired) electrons. The van der Waals surface area contributed by atoms with Gasteiger partial charge in [-0.2, -0.15) is 0 Å². The molecule has 0 spiro atoms. The van der Waals surface area contributed by atoms with Gasteiger partial charge in [-0.15, -0.1) is 0 Å². The first kappa shape index (κ1) is 16.9. The molecule has 1 aliphatic rings. The summed E-state index contributed by atoms with van der Waals surface area (Å²) in [5.41, 5.74) is 5.82. The number of fused-ring (bicyclic) bond motifs is 1. The number of nitrogens with one attached hydrogen (secondary N) is 1. The normalized spacial score (nSPS) is 16.5. The van der Waals surface area contributed by atoms with Gasteiger partial charge < -0.3 is 10.6 Å². The summed E-state index contributed by atoms with van der Waals surface area (Å²) in [7, 11) is -3.75. The molecule has 0 bridgehead atoms. The van der Waals surface area contributed by atoms with Gasteiger partial charge in [-0.3, -0.25) is 4.79 Å². The Balaban J connectivity index is 1.73. The zero-order valence-electron chi connectivity index (χ0n) is 13.3. The fraction of sp³-hybridized carbons (Fsp3) is 0.353. The molecule has 128 valence electrons. The number of benzene rings is 2. The van der Waals surface area contributed by atoms with Crippen LogP contribution in [0.25, 0.3) is 10.8 Å². The summed E-state index contributed by atoms with van der Waals surface area (Å²) in [6.07, 6.45) is 1.50. The second-order valence-corrected chi connectivity index (χ2v) is 7.76. The number of carbonyl (C=O) groups is 1. The first-order valence-corrected chi connectivity index (χ1v) is 9.46. The zero-order chi connectivity index (χ0) is 17.2. The molecule has 2 aromatic rings. The topological polar surface area (TPSA) is 92.5 Å². The van der Waals surface area contributed by atoms with Gasteiger partial charge in [-0.25, -0.2) is 13.1 Å². The summed E-state index contributed by atoms with van der Waals surface area (Å²) in [5.74, 6) is -0.217. The van der Waals surface area contributed by atoms with Crippen molar-refractivity contribution >= 4 is 26.7 Å². The molecular formula is C17H21N3O3S. The molecule has 24 heavy (non-hydrogen) atoms. The molecule has 1 fully saturated rings. The minimum absolute atomic E-state index is 0.126. The van der Waals surface area contributed by atoms with Crippen LogP contribution in [-0.4, -0.2) is 44.9 Å². The quantitative estimate of drug-likeness (QED) is 0.865. The lowest BCUT2D eigenvalue weighted by Gasteiger charge is -2.30. The Labute approximate surface area is 141 Å². The number of sulfonamides is 1. The van der Waals surface area contributed by atoms with Gasteiger partial charge >= 0.3 is 0 Å². The highest BCUT2D eigenvalue weighted by Crippen LogP contribution is 2.22. The van der Waals surface area contributed by atoms with Crippen molar-refractivity contribution in [1.29, 1.82) is 0 Å². The smallest absolute Gasteiger partial charge is 0.241 e. The monoisotopic (exact) mass is 347 g/mol. The third-order valence-corrected chi connectivity index (χ3v) is 5.80. The maximum absolute atomic E-state index is 12.6. The van der Waals surface area contributed by atoms with Crippen molar-refractivity contribution in [3.63, 3.8) is 0 Å². The summed E-state index contributed by atoms with van der Waals surface area (Å²) in [6, 6.07) is 12.5. The van der Waals surface area contributed by atoms with Crippen molar-refractivity contribution in [3.8, 4) is 0 Å². The molecule has 0 atom stereocenters. The predicted octanol–water partition coefficient (Wildman–Crippen LogP) is 1.07. The fourth-order valence-corrected chi connectivity index (χ4v) is 4.13. The molecule has 6 nitrogen and oxygen atoms in total. The van der Waals surface area contributed by atoms with Gasteiger partial charge in [0.05, 0.1) is 11.4 Å². The molecule has 1 aliphatic heterocycles. The van der Waals surface area contributed by atoms with Crippen molar-refractivity contribution in [2.24, 2.45) is 5.73 Å². The second kappa shape index (κ2) is 6.88. The van der Waals surface area contributed by atoms with Gasteiger partial charge in [0.25, 0.3) is 0 Å². The predicted molar refractivity (Wildman–Crippen MR) is 92.9 cm³/mol. The molecule has 0 aromatic heterocycles. The van der Waals surface area contributed by atoms with Crippen LogP contribution in [-0.2, 0) is 14.8 Å². The van der Waals surface area contributed by atoms with Crippen molar-refractivity contribution in [3.05, 3.63) is 42.5 Å². The van der Waals surface area contributed by atoms with Crippen LogP contribution in [0.5, 0.6) is 0 Å². The van der Waals surface area contributed by atoms with Crippen LogP contribution in [0.15, 0.2) is 47.4 Å². The molecule has 0 aliphatic carbocycles. The average molecular weight is 347 g/mol. The van der Waals surface area contributed by atoms with Gasteiger partial charge in [0, 0.05) is 24.5 Å². The molecule has 2 aromatic carbocycles. The standard InChI is InChI=1S/C17H21N3O3S/c18-14-8-10-20(11-9-14)17(21)12-19-24(22,23)16-7-3-5-13-4-1-2-6-15(13)16/h1-7,14,19H,8-12,18H2. The Morgan fingerprint density at radius 3 is 2.54 bits per heavy atom. The third-order valence-electron chi connectivity index (χ3n) is 4.34. The molecule has 1 amide bonds. The number of hydrogen-bond acceptors (Lipinski definition) is 4. The molecule has 0 unspecified atom stereocenters. The number of amides is 1. The second-order valence-electron chi connectivity index (χ2n) is 6.02. The molecular weight excluding hydrogens is 326 g/mol. The molecule has 1 heterocycles. The molecule has 7 heteroatoms. The van der Waals surface area contributed by atoms with Gasteiger partial charge in [0.15, 0.2) is 0 Å². The lowest BCUT2D eigenvalue weighted by Crippen LogP contribution is -2.46. The first-order valence-electron chi connectivity index (χ1n) is 7.98. The van der Waals surface area contributed by atoms with Crippen LogP contribution in [0.1, 0.15) is 12.8 Å². The average Bonchev–Trinajstić information content (AvgIpc) is 2.60. The summed E-state index contributed by atoms with van der Waals surface area (Å²) >= 11 is 0. The van der Waals surface area contributed by atoms with Crippen LogP contribution in [0, 0.1) is 0 Å². The van der Waals surface area contributed by atoms with Crippen molar-refractivity contribution in [2.75, 3.05) is 19.6 Å². The maximum atomic E-state index is 12.6. The number of carbonyl (C=O) groups excluding carboxylic acids is 1. The van der Waals surface area contributed by atoms with Crippen LogP contribution in [0.2, 0.25) is 0 Å². The van der Waals surface area contributed by atoms with Crippen molar-refractivity contribution < 1.29 is 13.2 Å². The maximum Gasteiger partial charge on any atom is 0.241 e. The number of piperidine rings is 1. The Bertz CT molecular complexity index is 838. The fourth-order valence-electron chi connectivity index (χ4n) is 2.93. The highest BCUT2D eigenvalue weighted by molar-refractivity contribution is 7.89. The largest absolute Gasteiger partial charge is 0.341 e. The van der Waals surface area contributed by atoms with E-state index >= 15 is 0 Å². The van der Waals surface area contributed by atoms with E-state index in [1.54, 1.807) is 29.2 Å². The van der Waals surface area contributed by atoms with E-state index < -0.39 is 10.0 Å². The van der Waals surface area contributed by atoms with E-state index in [0.29, 0.717) is 18.5 Å². The summed E-state index contributed by atoms with van der Waals surface area (Å²) in [6.45, 7) is 0.923. The minimum atomic E-state index is -3.75. The zero-order valence-corrected chi connectivity index (χ0v) is 14.1. The van der Waals surface area contributed by atoms with E-state index in [-0.39, 0.29) is 23.4 Å². The third kappa shape index (κ3) is 3.58. The molecule has 1 saturated heterocycles. The lowest BCUT2D eigenvalue weighted by molar-refractivity contribution is -0.130. The lowest BCUT2D eigenvalue weighted by atomic mass is 10.1. The van der Waals surface area contributed by atoms with Crippen LogP contribution < -0.4 is 10.5 Å². The van der Waals surface area contributed by atoms with Crippen molar-refractivity contribution in [1.82, 2.24) is 9.62 Å². The Kier molecular flexibility index (Phi) is 4.84. The van der Waals surface area contributed by atoms with Crippen molar-refractivity contribution in [2.45, 2.75) is 23.8 Å². The Morgan fingerprint density at radius 2 is 1.79 bits per heavy atom. The van der Waals surface area contributed by atoms with E-state index in [1.165, 1.54) is 0 Å². The number of nitrogens with two attached hydrogens (primary N) is 1. The molecule has 3 rings (SSSR count). The van der Waals surface area contributed by atoms with Crippen LogP contribution in [0.3, 0.4) is 0 Å². The Hall–Kier alpha value is -1.96. The number of likely N-dealkylation sites (tertiary alicyclic amines) is 1. The van der Waals surface area contributed by atoms with Gasteiger partial charge in [0.1, 0.15) is 0 Å². The van der Waals surface area contributed by atoms with Gasteiger partial charge in [0.2, 0.25) is 15.9 Å². The summed E-state index contributed by atoms with van der Waals surface area (Å²) < 4.78 is 27.6. The number of hydrogen-bond donors (Lipinski definition) is 2. The van der Waals surface area contributed by atoms with Gasteiger partial charge in [-0.05, 0) is 24.3 Å². The Morgan fingerprint density at radius 1 is 1.12 bits per heavy atom. The van der Waals surface area contributed by atoms with E-state index in [4.69, 9.17) is 5.73 Å². The number of nitrogens with zero attached hydrogens (tertiary/aromatic N) is 1. The summed E-state index contributed by atoms with van der Waals surface area (Å²) in [5, 5.41) is 1.49. The summed E-state index contributed by atoms with van der Waals surface area (Å²) in [4.78, 5) is 14.1. The highest BCUT2D eigenvalue weighted by Gasteiger charge is 2.23. The molecule has 0 saturated carbocycles. The van der Waals surface area contributed by atoms with Crippen LogP contribution in [0.4, 0.5) is 0 Å². The minimum Gasteiger partial charge on any atom is -0.341 e. The highest BCUT2D eigenvalue weighted by atomic mass is 32.2. The first-order chi connectivity index (χ1) is 11.5.